The molecule has 3 aromatic rings. The zero-order chi connectivity index (χ0) is 25.7. The number of para-hydroxylation sites is 1. The van der Waals surface area contributed by atoms with Crippen LogP contribution in [0.1, 0.15) is 31.1 Å². The molecular weight excluding hydrogens is 458 g/mol. The lowest BCUT2D eigenvalue weighted by Crippen LogP contribution is -2.50. The predicted molar refractivity (Wildman–Crippen MR) is 139 cm³/mol. The van der Waals surface area contributed by atoms with Crippen molar-refractivity contribution in [3.63, 3.8) is 0 Å². The molecule has 0 atom stereocenters. The first-order valence-corrected chi connectivity index (χ1v) is 11.8. The number of hydrogen-bond acceptors (Lipinski definition) is 8. The minimum absolute atomic E-state index is 0.325. The number of benzene rings is 1. The Kier molecular flexibility index (Phi) is 7.38. The van der Waals surface area contributed by atoms with Crippen molar-refractivity contribution in [1.82, 2.24) is 14.9 Å². The zero-order valence-corrected chi connectivity index (χ0v) is 21.0. The second-order valence-electron chi connectivity index (χ2n) is 9.47. The number of esters is 1. The molecule has 4 rings (SSSR count). The SMILES string of the molecule is COC(=O)c1cc(-c2ccnc(Nc3ccccc3)c2)nc(N2CCN(C(=O)OC(C)(C)C)CC2)c1. The molecule has 188 valence electrons. The van der Waals surface area contributed by atoms with Gasteiger partial charge in [-0.05, 0) is 57.2 Å². The molecule has 1 amide bonds. The Hall–Kier alpha value is -4.14. The van der Waals surface area contributed by atoms with Crippen molar-refractivity contribution in [2.45, 2.75) is 26.4 Å². The molecule has 1 aromatic carbocycles. The lowest BCUT2D eigenvalue weighted by molar-refractivity contribution is 0.0240. The normalized spacial score (nSPS) is 13.8. The molecule has 1 saturated heterocycles. The minimum Gasteiger partial charge on any atom is -0.465 e. The summed E-state index contributed by atoms with van der Waals surface area (Å²) >= 11 is 0. The monoisotopic (exact) mass is 489 g/mol. The lowest BCUT2D eigenvalue weighted by Gasteiger charge is -2.36. The molecule has 0 spiro atoms. The number of piperazine rings is 1. The van der Waals surface area contributed by atoms with Gasteiger partial charge in [-0.2, -0.15) is 0 Å². The average Bonchev–Trinajstić information content (AvgIpc) is 2.88. The van der Waals surface area contributed by atoms with Crippen LogP contribution in [0.15, 0.2) is 60.8 Å². The topological polar surface area (TPSA) is 96.9 Å². The number of rotatable bonds is 5. The Morgan fingerprint density at radius 1 is 0.972 bits per heavy atom. The molecule has 1 aliphatic heterocycles. The molecule has 0 radical (unpaired) electrons. The van der Waals surface area contributed by atoms with E-state index in [1.807, 2.05) is 63.2 Å². The highest BCUT2D eigenvalue weighted by atomic mass is 16.6. The number of pyridine rings is 2. The zero-order valence-electron chi connectivity index (χ0n) is 21.0. The summed E-state index contributed by atoms with van der Waals surface area (Å²) in [6.45, 7) is 7.67. The van der Waals surface area contributed by atoms with Crippen LogP contribution in [0.3, 0.4) is 0 Å². The van der Waals surface area contributed by atoms with Gasteiger partial charge in [-0.15, -0.1) is 0 Å². The number of ether oxygens (including phenoxy) is 2. The van der Waals surface area contributed by atoms with Crippen molar-refractivity contribution in [2.24, 2.45) is 0 Å². The van der Waals surface area contributed by atoms with E-state index in [2.05, 4.69) is 15.2 Å². The maximum atomic E-state index is 12.5. The third-order valence-corrected chi connectivity index (χ3v) is 5.59. The van der Waals surface area contributed by atoms with Crippen molar-refractivity contribution in [1.29, 1.82) is 0 Å². The van der Waals surface area contributed by atoms with Gasteiger partial charge in [0.25, 0.3) is 0 Å². The third kappa shape index (κ3) is 6.29. The number of hydrogen-bond donors (Lipinski definition) is 1. The highest BCUT2D eigenvalue weighted by Crippen LogP contribution is 2.27. The van der Waals surface area contributed by atoms with Gasteiger partial charge >= 0.3 is 12.1 Å². The Morgan fingerprint density at radius 3 is 2.36 bits per heavy atom. The number of anilines is 3. The number of amides is 1. The Labute approximate surface area is 211 Å². The summed E-state index contributed by atoms with van der Waals surface area (Å²) in [6, 6.07) is 16.9. The maximum Gasteiger partial charge on any atom is 0.410 e. The van der Waals surface area contributed by atoms with Crippen LogP contribution in [-0.2, 0) is 9.47 Å². The number of methoxy groups -OCH3 is 1. The molecule has 3 heterocycles. The molecule has 0 aliphatic carbocycles. The summed E-state index contributed by atoms with van der Waals surface area (Å²) in [5.41, 5.74) is 2.21. The quantitative estimate of drug-likeness (QED) is 0.514. The average molecular weight is 490 g/mol. The molecule has 2 aromatic heterocycles. The van der Waals surface area contributed by atoms with E-state index in [1.54, 1.807) is 23.2 Å². The van der Waals surface area contributed by atoms with E-state index in [-0.39, 0.29) is 6.09 Å². The van der Waals surface area contributed by atoms with Gasteiger partial charge in [-0.3, -0.25) is 0 Å². The third-order valence-electron chi connectivity index (χ3n) is 5.59. The number of nitrogens with one attached hydrogen (secondary N) is 1. The van der Waals surface area contributed by atoms with Crippen LogP contribution in [0.4, 0.5) is 22.1 Å². The first kappa shape index (κ1) is 25.0. The van der Waals surface area contributed by atoms with Crippen molar-refractivity contribution in [2.75, 3.05) is 43.5 Å². The van der Waals surface area contributed by atoms with Gasteiger partial charge in [-0.1, -0.05) is 18.2 Å². The van der Waals surface area contributed by atoms with Crippen LogP contribution in [0.2, 0.25) is 0 Å². The maximum absolute atomic E-state index is 12.5. The van der Waals surface area contributed by atoms with Crippen LogP contribution in [0.5, 0.6) is 0 Å². The van der Waals surface area contributed by atoms with Crippen molar-refractivity contribution in [3.05, 3.63) is 66.4 Å². The number of aromatic nitrogens is 2. The highest BCUT2D eigenvalue weighted by molar-refractivity contribution is 5.91. The van der Waals surface area contributed by atoms with Gasteiger partial charge in [0.05, 0.1) is 18.4 Å². The van der Waals surface area contributed by atoms with Gasteiger partial charge in [0, 0.05) is 43.6 Å². The summed E-state index contributed by atoms with van der Waals surface area (Å²) in [5.74, 6) is 0.867. The molecule has 1 aliphatic rings. The molecular formula is C27H31N5O4. The Morgan fingerprint density at radius 2 is 1.69 bits per heavy atom. The second-order valence-corrected chi connectivity index (χ2v) is 9.47. The Bertz CT molecular complexity index is 1220. The highest BCUT2D eigenvalue weighted by Gasteiger charge is 2.27. The molecule has 0 unspecified atom stereocenters. The smallest absolute Gasteiger partial charge is 0.410 e. The van der Waals surface area contributed by atoms with Crippen LogP contribution < -0.4 is 10.2 Å². The Balaban J connectivity index is 1.57. The van der Waals surface area contributed by atoms with Crippen molar-refractivity contribution in [3.8, 4) is 11.3 Å². The first-order valence-electron chi connectivity index (χ1n) is 11.8. The van der Waals surface area contributed by atoms with Crippen molar-refractivity contribution < 1.29 is 19.1 Å². The number of carbonyl (C=O) groups is 2. The van der Waals surface area contributed by atoms with E-state index >= 15 is 0 Å². The fraction of sp³-hybridized carbons (Fsp3) is 0.333. The first-order chi connectivity index (χ1) is 17.2. The molecule has 1 fully saturated rings. The standard InChI is InChI=1S/C27H31N5O4/c1-27(2,3)36-26(34)32-14-12-31(13-15-32)24-18-20(25(33)35-4)16-22(30-24)19-10-11-28-23(17-19)29-21-8-6-5-7-9-21/h5-11,16-18H,12-15H2,1-4H3,(H,28,29). The van der Waals surface area contributed by atoms with Gasteiger partial charge in [-0.25, -0.2) is 19.6 Å². The predicted octanol–water partition coefficient (Wildman–Crippen LogP) is 4.73. The number of nitrogens with zero attached hydrogens (tertiary/aromatic N) is 4. The van der Waals surface area contributed by atoms with Crippen LogP contribution >= 0.6 is 0 Å². The van der Waals surface area contributed by atoms with E-state index in [1.165, 1.54) is 7.11 Å². The largest absolute Gasteiger partial charge is 0.465 e. The van der Waals surface area contributed by atoms with Gasteiger partial charge < -0.3 is 24.6 Å². The minimum atomic E-state index is -0.543. The van der Waals surface area contributed by atoms with E-state index in [0.29, 0.717) is 49.1 Å². The van der Waals surface area contributed by atoms with E-state index < -0.39 is 11.6 Å². The molecule has 36 heavy (non-hydrogen) atoms. The molecule has 0 bridgehead atoms. The molecule has 9 heteroatoms. The summed E-state index contributed by atoms with van der Waals surface area (Å²) in [4.78, 5) is 37.9. The fourth-order valence-electron chi connectivity index (χ4n) is 3.83. The fourth-order valence-corrected chi connectivity index (χ4v) is 3.83. The summed E-state index contributed by atoms with van der Waals surface area (Å²) < 4.78 is 10.5. The molecule has 9 nitrogen and oxygen atoms in total. The van der Waals surface area contributed by atoms with Crippen LogP contribution in [0, 0.1) is 0 Å². The van der Waals surface area contributed by atoms with E-state index in [9.17, 15) is 9.59 Å². The van der Waals surface area contributed by atoms with Gasteiger partial charge in [0.15, 0.2) is 0 Å². The van der Waals surface area contributed by atoms with Crippen LogP contribution in [0.25, 0.3) is 11.3 Å². The van der Waals surface area contributed by atoms with Crippen molar-refractivity contribution >= 4 is 29.4 Å². The second kappa shape index (κ2) is 10.6. The number of carbonyl (C=O) groups excluding carboxylic acids is 2. The van der Waals surface area contributed by atoms with Crippen LogP contribution in [-0.4, -0.2) is 65.8 Å². The summed E-state index contributed by atoms with van der Waals surface area (Å²) in [5, 5.41) is 3.28. The molecule has 1 N–H and O–H groups in total. The lowest BCUT2D eigenvalue weighted by atomic mass is 10.1. The summed E-state index contributed by atoms with van der Waals surface area (Å²) in [6.07, 6.45) is 1.38. The molecule has 0 saturated carbocycles. The van der Waals surface area contributed by atoms with E-state index in [4.69, 9.17) is 14.5 Å². The van der Waals surface area contributed by atoms with Gasteiger partial charge in [0.1, 0.15) is 17.2 Å². The van der Waals surface area contributed by atoms with Gasteiger partial charge in [0.2, 0.25) is 0 Å². The summed E-state index contributed by atoms with van der Waals surface area (Å²) in [7, 11) is 1.36. The van der Waals surface area contributed by atoms with E-state index in [0.717, 1.165) is 11.3 Å².